The average molecular weight is 878 g/mol. The van der Waals surface area contributed by atoms with E-state index < -0.39 is 0 Å². The van der Waals surface area contributed by atoms with Crippen LogP contribution in [0.25, 0.3) is 100 Å². The lowest BCUT2D eigenvalue weighted by Gasteiger charge is -2.26. The van der Waals surface area contributed by atoms with Gasteiger partial charge in [-0.25, -0.2) is 0 Å². The number of nitrogens with zero attached hydrogens (tertiary/aromatic N) is 1. The molecule has 0 aliphatic heterocycles. The first-order valence-corrected chi connectivity index (χ1v) is 23.7. The average Bonchev–Trinajstić information content (AvgIpc) is 3.43. The van der Waals surface area contributed by atoms with E-state index in [0.717, 1.165) is 22.6 Å². The van der Waals surface area contributed by atoms with Crippen molar-refractivity contribution in [3.8, 4) is 55.6 Å². The normalized spacial score (nSPS) is 11.4. The van der Waals surface area contributed by atoms with Gasteiger partial charge in [-0.1, -0.05) is 243 Å². The molecule has 0 saturated carbocycles. The Morgan fingerprint density at radius 2 is 0.522 bits per heavy atom. The Bertz CT molecular complexity index is 3620. The van der Waals surface area contributed by atoms with Crippen molar-refractivity contribution in [2.75, 3.05) is 4.90 Å². The first kappa shape index (κ1) is 41.4. The van der Waals surface area contributed by atoms with Crippen LogP contribution in [-0.2, 0) is 0 Å². The molecule has 12 aromatic carbocycles. The number of hydrogen-bond donors (Lipinski definition) is 0. The van der Waals surface area contributed by atoms with Crippen LogP contribution in [-0.4, -0.2) is 0 Å². The van der Waals surface area contributed by atoms with Crippen LogP contribution >= 0.6 is 0 Å². The Hall–Kier alpha value is -9.04. The summed E-state index contributed by atoms with van der Waals surface area (Å²) in [4.78, 5) is 2.36. The van der Waals surface area contributed by atoms with Crippen molar-refractivity contribution < 1.29 is 0 Å². The lowest BCUT2D eigenvalue weighted by molar-refractivity contribution is 1.28. The summed E-state index contributed by atoms with van der Waals surface area (Å²) < 4.78 is 0. The zero-order valence-electron chi connectivity index (χ0n) is 38.1. The summed E-state index contributed by atoms with van der Waals surface area (Å²) in [6, 6.07) is 99.0. The lowest BCUT2D eigenvalue weighted by atomic mass is 9.86. The van der Waals surface area contributed by atoms with Gasteiger partial charge in [-0.3, -0.25) is 0 Å². The number of anilines is 3. The van der Waals surface area contributed by atoms with Gasteiger partial charge in [0.1, 0.15) is 0 Å². The molecule has 0 saturated heterocycles. The first-order chi connectivity index (χ1) is 34.2. The van der Waals surface area contributed by atoms with Crippen molar-refractivity contribution in [3.05, 3.63) is 284 Å². The molecule has 0 unspecified atom stereocenters. The van der Waals surface area contributed by atoms with Gasteiger partial charge in [0.25, 0.3) is 0 Å². The predicted molar refractivity (Wildman–Crippen MR) is 296 cm³/mol. The van der Waals surface area contributed by atoms with Crippen molar-refractivity contribution in [2.45, 2.75) is 0 Å². The van der Waals surface area contributed by atoms with Crippen molar-refractivity contribution >= 4 is 61.5 Å². The molecule has 0 spiro atoms. The fraction of sp³-hybridized carbons (Fsp3) is 0. The molecule has 69 heavy (non-hydrogen) atoms. The van der Waals surface area contributed by atoms with Crippen LogP contribution in [0.3, 0.4) is 0 Å². The molecular formula is C68H47N. The molecular weight excluding hydrogens is 831 g/mol. The van der Waals surface area contributed by atoms with Gasteiger partial charge in [-0.05, 0) is 142 Å². The van der Waals surface area contributed by atoms with Crippen molar-refractivity contribution in [1.82, 2.24) is 0 Å². The topological polar surface area (TPSA) is 3.24 Å². The zero-order valence-corrected chi connectivity index (χ0v) is 38.1. The molecule has 0 aromatic heterocycles. The lowest BCUT2D eigenvalue weighted by Crippen LogP contribution is -2.09. The minimum atomic E-state index is 1.09. The van der Waals surface area contributed by atoms with E-state index >= 15 is 0 Å². The minimum absolute atomic E-state index is 1.09. The van der Waals surface area contributed by atoms with Gasteiger partial charge in [0, 0.05) is 17.1 Å². The van der Waals surface area contributed by atoms with E-state index in [-0.39, 0.29) is 0 Å². The molecule has 12 aromatic rings. The highest BCUT2D eigenvalue weighted by Crippen LogP contribution is 2.45. The van der Waals surface area contributed by atoms with Crippen LogP contribution in [0.5, 0.6) is 0 Å². The van der Waals surface area contributed by atoms with Gasteiger partial charge in [0.15, 0.2) is 0 Å². The smallest absolute Gasteiger partial charge is 0.0462 e. The highest BCUT2D eigenvalue weighted by molar-refractivity contribution is 6.21. The molecule has 324 valence electrons. The summed E-state index contributed by atoms with van der Waals surface area (Å²) in [7, 11) is 0. The SMILES string of the molecule is C(=C\c1ccc(-c2c3ccccc3c(-c3ccc(N(c4ccc(-c5ccccc5)cc4)c4ccc(-c5ccccc5)cc4)cc3)c3ccccc23)cc1)/c1ccc(-c2ccc3ccccc3c2)cc1. The van der Waals surface area contributed by atoms with Crippen LogP contribution in [0.4, 0.5) is 17.1 Å². The molecule has 0 heterocycles. The van der Waals surface area contributed by atoms with Crippen LogP contribution in [0.15, 0.2) is 273 Å². The van der Waals surface area contributed by atoms with Gasteiger partial charge < -0.3 is 4.90 Å². The first-order valence-electron chi connectivity index (χ1n) is 23.7. The maximum atomic E-state index is 2.36. The Kier molecular flexibility index (Phi) is 11.0. The highest BCUT2D eigenvalue weighted by atomic mass is 15.1. The molecule has 0 bridgehead atoms. The molecule has 1 nitrogen and oxygen atoms in total. The van der Waals surface area contributed by atoms with Gasteiger partial charge in [0.05, 0.1) is 0 Å². The van der Waals surface area contributed by atoms with Gasteiger partial charge in [-0.15, -0.1) is 0 Å². The van der Waals surface area contributed by atoms with E-state index in [4.69, 9.17) is 0 Å². The second-order valence-corrected chi connectivity index (χ2v) is 17.7. The molecule has 0 aliphatic rings. The molecule has 0 amide bonds. The van der Waals surface area contributed by atoms with Gasteiger partial charge >= 0.3 is 0 Å². The Balaban J connectivity index is 0.863. The van der Waals surface area contributed by atoms with E-state index in [9.17, 15) is 0 Å². The quantitative estimate of drug-likeness (QED) is 0.0977. The van der Waals surface area contributed by atoms with E-state index in [1.807, 2.05) is 0 Å². The van der Waals surface area contributed by atoms with Gasteiger partial charge in [0.2, 0.25) is 0 Å². The van der Waals surface area contributed by atoms with E-state index in [2.05, 4.69) is 290 Å². The van der Waals surface area contributed by atoms with Crippen LogP contribution in [0, 0.1) is 0 Å². The zero-order chi connectivity index (χ0) is 45.9. The fourth-order valence-corrected chi connectivity index (χ4v) is 9.95. The maximum absolute atomic E-state index is 2.36. The van der Waals surface area contributed by atoms with E-state index in [0.29, 0.717) is 0 Å². The maximum Gasteiger partial charge on any atom is 0.0462 e. The standard InChI is InChI=1S/C68H47N/c1-3-13-50(14-4-1)53-35-41-60(42-36-53)69(61-43-37-54(38-44-61)51-15-5-2-6-16-51)62-45-39-57(40-46-62)68-65-21-11-9-19-63(65)67(64-20-10-12-22-66(64)68)56-31-27-49(28-32-56)24-23-48-25-29-55(30-26-48)59-34-33-52-17-7-8-18-58(52)47-59/h1-47H/b24-23+. The van der Waals surface area contributed by atoms with E-state index in [1.165, 1.54) is 93.5 Å². The fourth-order valence-electron chi connectivity index (χ4n) is 9.95. The summed E-state index contributed by atoms with van der Waals surface area (Å²) in [6.07, 6.45) is 4.41. The third-order valence-electron chi connectivity index (χ3n) is 13.5. The number of fused-ring (bicyclic) bond motifs is 3. The molecule has 0 fully saturated rings. The highest BCUT2D eigenvalue weighted by Gasteiger charge is 2.18. The third kappa shape index (κ3) is 8.28. The third-order valence-corrected chi connectivity index (χ3v) is 13.5. The summed E-state index contributed by atoms with van der Waals surface area (Å²) >= 11 is 0. The minimum Gasteiger partial charge on any atom is -0.311 e. The molecule has 0 radical (unpaired) electrons. The second kappa shape index (κ2) is 18.3. The van der Waals surface area contributed by atoms with Crippen LogP contribution in [0.1, 0.15) is 11.1 Å². The summed E-state index contributed by atoms with van der Waals surface area (Å²) in [5.41, 5.74) is 17.8. The van der Waals surface area contributed by atoms with Crippen molar-refractivity contribution in [1.29, 1.82) is 0 Å². The number of hydrogen-bond acceptors (Lipinski definition) is 1. The van der Waals surface area contributed by atoms with Crippen molar-refractivity contribution in [3.63, 3.8) is 0 Å². The summed E-state index contributed by atoms with van der Waals surface area (Å²) in [5, 5.41) is 7.47. The van der Waals surface area contributed by atoms with E-state index in [1.54, 1.807) is 0 Å². The Labute approximate surface area is 404 Å². The summed E-state index contributed by atoms with van der Waals surface area (Å²) in [5.74, 6) is 0. The molecule has 1 heteroatoms. The van der Waals surface area contributed by atoms with Crippen LogP contribution in [0.2, 0.25) is 0 Å². The van der Waals surface area contributed by atoms with Crippen molar-refractivity contribution in [2.24, 2.45) is 0 Å². The second-order valence-electron chi connectivity index (χ2n) is 17.7. The molecule has 0 atom stereocenters. The monoisotopic (exact) mass is 877 g/mol. The molecule has 12 rings (SSSR count). The number of rotatable bonds is 10. The Morgan fingerprint density at radius 3 is 0.957 bits per heavy atom. The molecule has 0 N–H and O–H groups in total. The summed E-state index contributed by atoms with van der Waals surface area (Å²) in [6.45, 7) is 0. The predicted octanol–water partition coefficient (Wildman–Crippen LogP) is 19.1. The largest absolute Gasteiger partial charge is 0.311 e. The Morgan fingerprint density at radius 1 is 0.217 bits per heavy atom. The van der Waals surface area contributed by atoms with Crippen LogP contribution < -0.4 is 4.90 Å². The molecule has 0 aliphatic carbocycles. The number of benzene rings is 12. The van der Waals surface area contributed by atoms with Gasteiger partial charge in [-0.2, -0.15) is 0 Å².